The number of amides is 1. The lowest BCUT2D eigenvalue weighted by atomic mass is 10.4. The Bertz CT molecular complexity index is 507. The molecule has 0 saturated heterocycles. The molecule has 0 fully saturated rings. The second-order valence-electron chi connectivity index (χ2n) is 3.10. The van der Waals surface area contributed by atoms with Gasteiger partial charge in [-0.2, -0.15) is 0 Å². The topological polar surface area (TPSA) is 72.7 Å². The van der Waals surface area contributed by atoms with Gasteiger partial charge in [0.15, 0.2) is 5.82 Å². The number of hydrogen-bond donors (Lipinski definition) is 1. The Morgan fingerprint density at radius 2 is 2.19 bits per heavy atom. The number of aryl methyl sites for hydroxylation is 1. The van der Waals surface area contributed by atoms with Crippen molar-refractivity contribution in [1.29, 1.82) is 0 Å². The standard InChI is InChI=1S/C9H8BrN5O/c1-15-4-6(13-5-15)9(16)14-8-3-11-7(10)2-12-8/h2-5H,1H3,(H,12,14,16). The number of carbonyl (C=O) groups excluding carboxylic acids is 1. The Kier molecular flexibility index (Phi) is 2.95. The van der Waals surface area contributed by atoms with Crippen molar-refractivity contribution in [2.45, 2.75) is 0 Å². The third-order valence-electron chi connectivity index (χ3n) is 1.80. The van der Waals surface area contributed by atoms with E-state index in [-0.39, 0.29) is 5.91 Å². The third kappa shape index (κ3) is 2.43. The van der Waals surface area contributed by atoms with E-state index in [1.165, 1.54) is 12.4 Å². The first kappa shape index (κ1) is 10.7. The summed E-state index contributed by atoms with van der Waals surface area (Å²) < 4.78 is 2.31. The average molecular weight is 282 g/mol. The number of anilines is 1. The first-order valence-electron chi connectivity index (χ1n) is 4.42. The van der Waals surface area contributed by atoms with E-state index >= 15 is 0 Å². The summed E-state index contributed by atoms with van der Waals surface area (Å²) in [6, 6.07) is 0. The molecule has 2 aromatic heterocycles. The Morgan fingerprint density at radius 1 is 1.38 bits per heavy atom. The predicted molar refractivity (Wildman–Crippen MR) is 60.9 cm³/mol. The second kappa shape index (κ2) is 4.40. The van der Waals surface area contributed by atoms with E-state index in [0.29, 0.717) is 16.1 Å². The minimum atomic E-state index is -0.308. The first-order chi connectivity index (χ1) is 7.65. The molecule has 2 rings (SSSR count). The highest BCUT2D eigenvalue weighted by molar-refractivity contribution is 9.10. The normalized spacial score (nSPS) is 10.1. The zero-order valence-corrected chi connectivity index (χ0v) is 9.97. The lowest BCUT2D eigenvalue weighted by molar-refractivity contribution is 0.102. The molecule has 1 N–H and O–H groups in total. The van der Waals surface area contributed by atoms with Gasteiger partial charge in [-0.15, -0.1) is 0 Å². The smallest absolute Gasteiger partial charge is 0.277 e. The maximum Gasteiger partial charge on any atom is 0.277 e. The summed E-state index contributed by atoms with van der Waals surface area (Å²) in [5.41, 5.74) is 0.340. The fourth-order valence-electron chi connectivity index (χ4n) is 1.09. The van der Waals surface area contributed by atoms with Gasteiger partial charge in [0.25, 0.3) is 5.91 Å². The van der Waals surface area contributed by atoms with Gasteiger partial charge in [-0.1, -0.05) is 0 Å². The van der Waals surface area contributed by atoms with Crippen LogP contribution in [0.5, 0.6) is 0 Å². The monoisotopic (exact) mass is 281 g/mol. The number of hydrogen-bond acceptors (Lipinski definition) is 4. The fourth-order valence-corrected chi connectivity index (χ4v) is 1.29. The highest BCUT2D eigenvalue weighted by atomic mass is 79.9. The highest BCUT2D eigenvalue weighted by Gasteiger charge is 2.09. The van der Waals surface area contributed by atoms with E-state index in [0.717, 1.165) is 0 Å². The van der Waals surface area contributed by atoms with Crippen LogP contribution in [0.3, 0.4) is 0 Å². The van der Waals surface area contributed by atoms with Crippen molar-refractivity contribution >= 4 is 27.7 Å². The van der Waals surface area contributed by atoms with E-state index in [9.17, 15) is 4.79 Å². The predicted octanol–water partition coefficient (Wildman–Crippen LogP) is 1.22. The van der Waals surface area contributed by atoms with Gasteiger partial charge in [-0.25, -0.2) is 15.0 Å². The van der Waals surface area contributed by atoms with Gasteiger partial charge in [-0.3, -0.25) is 4.79 Å². The minimum Gasteiger partial charge on any atom is -0.340 e. The molecule has 82 valence electrons. The van der Waals surface area contributed by atoms with E-state index in [1.807, 2.05) is 0 Å². The molecule has 6 nitrogen and oxygen atoms in total. The molecular weight excluding hydrogens is 274 g/mol. The number of nitrogens with one attached hydrogen (secondary N) is 1. The second-order valence-corrected chi connectivity index (χ2v) is 3.92. The molecule has 7 heteroatoms. The molecule has 0 unspecified atom stereocenters. The Hall–Kier alpha value is -1.76. The summed E-state index contributed by atoms with van der Waals surface area (Å²) in [6.07, 6.45) is 6.16. The molecule has 16 heavy (non-hydrogen) atoms. The fraction of sp³-hybridized carbons (Fsp3) is 0.111. The largest absolute Gasteiger partial charge is 0.340 e. The quantitative estimate of drug-likeness (QED) is 0.899. The Morgan fingerprint density at radius 3 is 2.75 bits per heavy atom. The number of nitrogens with zero attached hydrogens (tertiary/aromatic N) is 4. The van der Waals surface area contributed by atoms with Crippen LogP contribution in [-0.4, -0.2) is 25.4 Å². The molecule has 1 amide bonds. The molecule has 0 bridgehead atoms. The summed E-state index contributed by atoms with van der Waals surface area (Å²) in [5, 5.41) is 2.59. The van der Waals surface area contributed by atoms with Gasteiger partial charge < -0.3 is 9.88 Å². The van der Waals surface area contributed by atoms with Crippen molar-refractivity contribution in [2.75, 3.05) is 5.32 Å². The number of carbonyl (C=O) groups is 1. The molecule has 0 atom stereocenters. The van der Waals surface area contributed by atoms with Crippen LogP contribution in [-0.2, 0) is 7.05 Å². The van der Waals surface area contributed by atoms with Crippen molar-refractivity contribution in [3.05, 3.63) is 35.2 Å². The molecule has 0 aromatic carbocycles. The van der Waals surface area contributed by atoms with Crippen LogP contribution >= 0.6 is 15.9 Å². The molecule has 0 radical (unpaired) electrons. The van der Waals surface area contributed by atoms with Gasteiger partial charge >= 0.3 is 0 Å². The van der Waals surface area contributed by atoms with Crippen LogP contribution < -0.4 is 5.32 Å². The lowest BCUT2D eigenvalue weighted by Gasteiger charge is -2.00. The highest BCUT2D eigenvalue weighted by Crippen LogP contribution is 2.07. The van der Waals surface area contributed by atoms with Gasteiger partial charge in [0.2, 0.25) is 0 Å². The average Bonchev–Trinajstić information content (AvgIpc) is 2.68. The molecule has 0 saturated carbocycles. The summed E-state index contributed by atoms with van der Waals surface area (Å²) in [7, 11) is 1.79. The summed E-state index contributed by atoms with van der Waals surface area (Å²) >= 11 is 3.16. The first-order valence-corrected chi connectivity index (χ1v) is 5.21. The van der Waals surface area contributed by atoms with E-state index in [2.05, 4.69) is 36.2 Å². The molecule has 2 aromatic rings. The molecule has 0 aliphatic rings. The van der Waals surface area contributed by atoms with Gasteiger partial charge in [0.05, 0.1) is 18.7 Å². The maximum atomic E-state index is 11.6. The molecule has 0 spiro atoms. The zero-order valence-electron chi connectivity index (χ0n) is 8.38. The van der Waals surface area contributed by atoms with E-state index < -0.39 is 0 Å². The Labute approximate surface area is 99.9 Å². The lowest BCUT2D eigenvalue weighted by Crippen LogP contribution is -2.13. The summed E-state index contributed by atoms with van der Waals surface area (Å²) in [5.74, 6) is 0.0797. The number of rotatable bonds is 2. The van der Waals surface area contributed by atoms with Gasteiger partial charge in [0.1, 0.15) is 10.3 Å². The van der Waals surface area contributed by atoms with Crippen molar-refractivity contribution in [1.82, 2.24) is 19.5 Å². The molecule has 2 heterocycles. The van der Waals surface area contributed by atoms with Crippen molar-refractivity contribution in [2.24, 2.45) is 7.05 Å². The van der Waals surface area contributed by atoms with E-state index in [4.69, 9.17) is 0 Å². The van der Waals surface area contributed by atoms with Crippen LogP contribution in [0.1, 0.15) is 10.5 Å². The van der Waals surface area contributed by atoms with Crippen LogP contribution in [0, 0.1) is 0 Å². The SMILES string of the molecule is Cn1cnc(C(=O)Nc2cnc(Br)cn2)c1. The summed E-state index contributed by atoms with van der Waals surface area (Å²) in [6.45, 7) is 0. The third-order valence-corrected chi connectivity index (χ3v) is 2.21. The molecule has 0 aliphatic carbocycles. The number of halogens is 1. The molecule has 0 aliphatic heterocycles. The Balaban J connectivity index is 2.10. The maximum absolute atomic E-state index is 11.6. The number of aromatic nitrogens is 4. The van der Waals surface area contributed by atoms with Crippen LogP contribution in [0.4, 0.5) is 5.82 Å². The van der Waals surface area contributed by atoms with Crippen molar-refractivity contribution < 1.29 is 4.79 Å². The van der Waals surface area contributed by atoms with Crippen molar-refractivity contribution in [3.63, 3.8) is 0 Å². The van der Waals surface area contributed by atoms with Crippen LogP contribution in [0.2, 0.25) is 0 Å². The molecular formula is C9H8BrN5O. The van der Waals surface area contributed by atoms with Gasteiger partial charge in [-0.05, 0) is 15.9 Å². The van der Waals surface area contributed by atoms with E-state index in [1.54, 1.807) is 24.1 Å². The van der Waals surface area contributed by atoms with Crippen molar-refractivity contribution in [3.8, 4) is 0 Å². The number of imidazole rings is 1. The summed E-state index contributed by atoms with van der Waals surface area (Å²) in [4.78, 5) is 23.5. The zero-order chi connectivity index (χ0) is 11.5. The van der Waals surface area contributed by atoms with Gasteiger partial charge in [0, 0.05) is 13.2 Å². The van der Waals surface area contributed by atoms with Crippen LogP contribution in [0.25, 0.3) is 0 Å². The minimum absolute atomic E-state index is 0.308. The van der Waals surface area contributed by atoms with Crippen LogP contribution in [0.15, 0.2) is 29.5 Å².